The number of aromatic nitrogens is 1. The smallest absolute Gasteiger partial charge is 0.240 e. The highest BCUT2D eigenvalue weighted by Crippen LogP contribution is 2.10. The molecule has 0 unspecified atom stereocenters. The first-order valence-electron chi connectivity index (χ1n) is 8.78. The quantitative estimate of drug-likeness (QED) is 0.396. The number of rotatable bonds is 8. The summed E-state index contributed by atoms with van der Waals surface area (Å²) in [6.07, 6.45) is 0. The fraction of sp³-hybridized carbons (Fsp3) is 0.444. The summed E-state index contributed by atoms with van der Waals surface area (Å²) in [7, 11) is -1.58. The molecule has 2 rings (SSSR count). The van der Waals surface area contributed by atoms with Crippen molar-refractivity contribution in [2.75, 3.05) is 26.7 Å². The van der Waals surface area contributed by atoms with Gasteiger partial charge >= 0.3 is 0 Å². The van der Waals surface area contributed by atoms with Crippen molar-refractivity contribution in [3.8, 4) is 0 Å². The average molecular weight is 410 g/mol. The van der Waals surface area contributed by atoms with Crippen LogP contribution < -0.4 is 10.0 Å². The van der Waals surface area contributed by atoms with Crippen LogP contribution in [-0.2, 0) is 16.6 Å². The fourth-order valence-corrected chi connectivity index (χ4v) is 4.04. The van der Waals surface area contributed by atoms with Gasteiger partial charge in [-0.05, 0) is 32.9 Å². The Morgan fingerprint density at radius 2 is 1.96 bits per heavy atom. The minimum atomic E-state index is -3.52. The Bertz CT molecular complexity index is 860. The van der Waals surface area contributed by atoms with E-state index in [9.17, 15) is 8.42 Å². The molecule has 2 N–H and O–H groups in total. The van der Waals surface area contributed by atoms with Gasteiger partial charge in [0.1, 0.15) is 0 Å². The average Bonchev–Trinajstić information content (AvgIpc) is 3.02. The lowest BCUT2D eigenvalue weighted by atomic mass is 10.2. The van der Waals surface area contributed by atoms with Gasteiger partial charge in [0.05, 0.1) is 28.7 Å². The second-order valence-corrected chi connectivity index (χ2v) is 8.99. The van der Waals surface area contributed by atoms with Crippen LogP contribution in [0, 0.1) is 13.8 Å². The molecule has 2 aromatic rings. The molecule has 7 nitrogen and oxygen atoms in total. The minimum Gasteiger partial charge on any atom is -0.357 e. The molecule has 9 heteroatoms. The third kappa shape index (κ3) is 6.60. The summed E-state index contributed by atoms with van der Waals surface area (Å²) in [5.74, 6) is 0.720. The SMILES string of the molecule is CCNC(=NCCNS(=O)(=O)c1ccc(C)cc1)N(C)Cc1csc(C)n1. The van der Waals surface area contributed by atoms with Crippen molar-refractivity contribution in [3.05, 3.63) is 45.9 Å². The normalized spacial score (nSPS) is 12.2. The van der Waals surface area contributed by atoms with Crippen LogP contribution in [0.3, 0.4) is 0 Å². The topological polar surface area (TPSA) is 86.7 Å². The van der Waals surface area contributed by atoms with Crippen molar-refractivity contribution in [3.63, 3.8) is 0 Å². The van der Waals surface area contributed by atoms with E-state index in [0.29, 0.717) is 13.1 Å². The van der Waals surface area contributed by atoms with E-state index in [4.69, 9.17) is 0 Å². The summed E-state index contributed by atoms with van der Waals surface area (Å²) in [6.45, 7) is 7.84. The Kier molecular flexibility index (Phi) is 7.76. The highest BCUT2D eigenvalue weighted by atomic mass is 32.2. The largest absolute Gasteiger partial charge is 0.357 e. The molecule has 0 saturated heterocycles. The highest BCUT2D eigenvalue weighted by molar-refractivity contribution is 7.89. The van der Waals surface area contributed by atoms with Crippen LogP contribution >= 0.6 is 11.3 Å². The summed E-state index contributed by atoms with van der Waals surface area (Å²) in [5.41, 5.74) is 2.01. The lowest BCUT2D eigenvalue weighted by molar-refractivity contribution is 0.471. The first kappa shape index (κ1) is 21.3. The highest BCUT2D eigenvalue weighted by Gasteiger charge is 2.13. The molecule has 0 saturated carbocycles. The van der Waals surface area contributed by atoms with E-state index < -0.39 is 10.0 Å². The number of aryl methyl sites for hydroxylation is 2. The van der Waals surface area contributed by atoms with Gasteiger partial charge in [-0.25, -0.2) is 18.1 Å². The van der Waals surface area contributed by atoms with Crippen LogP contribution in [-0.4, -0.2) is 50.9 Å². The van der Waals surface area contributed by atoms with Gasteiger partial charge in [-0.1, -0.05) is 17.7 Å². The summed E-state index contributed by atoms with van der Waals surface area (Å²) >= 11 is 1.62. The molecule has 0 atom stereocenters. The van der Waals surface area contributed by atoms with Crippen molar-refractivity contribution < 1.29 is 8.42 Å². The van der Waals surface area contributed by atoms with Gasteiger partial charge in [0.15, 0.2) is 5.96 Å². The van der Waals surface area contributed by atoms with Crippen LogP contribution in [0.2, 0.25) is 0 Å². The molecule has 1 aromatic carbocycles. The Morgan fingerprint density at radius 3 is 2.56 bits per heavy atom. The first-order chi connectivity index (χ1) is 12.8. The van der Waals surface area contributed by atoms with Gasteiger partial charge in [-0.15, -0.1) is 11.3 Å². The van der Waals surface area contributed by atoms with Crippen molar-refractivity contribution in [2.45, 2.75) is 32.2 Å². The molecule has 0 bridgehead atoms. The van der Waals surface area contributed by atoms with Gasteiger partial charge in [0.25, 0.3) is 0 Å². The van der Waals surface area contributed by atoms with Crippen molar-refractivity contribution in [1.82, 2.24) is 19.9 Å². The van der Waals surface area contributed by atoms with E-state index in [0.717, 1.165) is 28.8 Å². The molecule has 0 spiro atoms. The molecule has 0 aliphatic carbocycles. The first-order valence-corrected chi connectivity index (χ1v) is 11.1. The zero-order chi connectivity index (χ0) is 19.9. The molecule has 0 aliphatic rings. The second kappa shape index (κ2) is 9.82. The number of sulfonamides is 1. The van der Waals surface area contributed by atoms with E-state index in [2.05, 4.69) is 20.0 Å². The van der Waals surface area contributed by atoms with Crippen LogP contribution in [0.1, 0.15) is 23.2 Å². The summed E-state index contributed by atoms with van der Waals surface area (Å²) in [4.78, 5) is 11.2. The molecule has 148 valence electrons. The van der Waals surface area contributed by atoms with E-state index in [1.807, 2.05) is 38.1 Å². The van der Waals surface area contributed by atoms with Crippen LogP contribution in [0.4, 0.5) is 0 Å². The molecule has 0 fully saturated rings. The Morgan fingerprint density at radius 1 is 1.26 bits per heavy atom. The number of nitrogens with one attached hydrogen (secondary N) is 2. The van der Waals surface area contributed by atoms with Gasteiger partial charge in [0.2, 0.25) is 10.0 Å². The molecular formula is C18H27N5O2S2. The Balaban J connectivity index is 1.93. The molecular weight excluding hydrogens is 382 g/mol. The fourth-order valence-electron chi connectivity index (χ4n) is 2.41. The maximum atomic E-state index is 12.3. The second-order valence-electron chi connectivity index (χ2n) is 6.16. The third-order valence-corrected chi connectivity index (χ3v) is 6.06. The summed E-state index contributed by atoms with van der Waals surface area (Å²) in [5, 5.41) is 6.29. The van der Waals surface area contributed by atoms with Crippen LogP contribution in [0.15, 0.2) is 39.5 Å². The number of benzene rings is 1. The maximum absolute atomic E-state index is 12.3. The third-order valence-electron chi connectivity index (χ3n) is 3.76. The molecule has 27 heavy (non-hydrogen) atoms. The number of aliphatic imine (C=N–C) groups is 1. The number of nitrogens with zero attached hydrogens (tertiary/aromatic N) is 3. The van der Waals surface area contributed by atoms with E-state index in [-0.39, 0.29) is 11.4 Å². The molecule has 0 radical (unpaired) electrons. The van der Waals surface area contributed by atoms with Gasteiger partial charge in [-0.3, -0.25) is 4.99 Å². The van der Waals surface area contributed by atoms with Gasteiger partial charge < -0.3 is 10.2 Å². The zero-order valence-corrected chi connectivity index (χ0v) is 17.8. The van der Waals surface area contributed by atoms with Gasteiger partial charge in [0, 0.05) is 25.5 Å². The molecule has 1 heterocycles. The van der Waals surface area contributed by atoms with Crippen molar-refractivity contribution in [2.24, 2.45) is 4.99 Å². The van der Waals surface area contributed by atoms with E-state index >= 15 is 0 Å². The molecule has 0 aliphatic heterocycles. The zero-order valence-electron chi connectivity index (χ0n) is 16.2. The van der Waals surface area contributed by atoms with E-state index in [1.165, 1.54) is 0 Å². The lowest BCUT2D eigenvalue weighted by Crippen LogP contribution is -2.39. The Hall–Kier alpha value is -1.97. The van der Waals surface area contributed by atoms with E-state index in [1.54, 1.807) is 35.6 Å². The minimum absolute atomic E-state index is 0.231. The van der Waals surface area contributed by atoms with Crippen molar-refractivity contribution in [1.29, 1.82) is 0 Å². The predicted octanol–water partition coefficient (Wildman–Crippen LogP) is 2.14. The molecule has 0 amide bonds. The van der Waals surface area contributed by atoms with Gasteiger partial charge in [-0.2, -0.15) is 0 Å². The Labute approximate surface area is 165 Å². The summed E-state index contributed by atoms with van der Waals surface area (Å²) in [6, 6.07) is 6.78. The van der Waals surface area contributed by atoms with Crippen molar-refractivity contribution >= 4 is 27.3 Å². The number of thiazole rings is 1. The number of hydrogen-bond donors (Lipinski definition) is 2. The standard InChI is InChI=1S/C18H27N5O2S2/c1-5-19-18(23(4)12-16-13-26-15(3)22-16)20-10-11-21-27(24,25)17-8-6-14(2)7-9-17/h6-9,13,21H,5,10-12H2,1-4H3,(H,19,20). The monoisotopic (exact) mass is 409 g/mol. The molecule has 1 aromatic heterocycles. The number of hydrogen-bond acceptors (Lipinski definition) is 5. The summed E-state index contributed by atoms with van der Waals surface area (Å²) < 4.78 is 27.2. The number of guanidine groups is 1. The van der Waals surface area contributed by atoms with Crippen LogP contribution in [0.5, 0.6) is 0 Å². The lowest BCUT2D eigenvalue weighted by Gasteiger charge is -2.21. The van der Waals surface area contributed by atoms with Crippen LogP contribution in [0.25, 0.3) is 0 Å². The maximum Gasteiger partial charge on any atom is 0.240 e. The predicted molar refractivity (Wildman–Crippen MR) is 111 cm³/mol.